The van der Waals surface area contributed by atoms with Crippen LogP contribution in [0.5, 0.6) is 0 Å². The molecule has 3 aliphatic rings. The Kier molecular flexibility index (Phi) is 6.23. The molecule has 1 aromatic carbocycles. The fourth-order valence-electron chi connectivity index (χ4n) is 5.09. The van der Waals surface area contributed by atoms with Crippen molar-refractivity contribution < 1.29 is 18.7 Å². The number of amides is 2. The Labute approximate surface area is 177 Å². The van der Waals surface area contributed by atoms with Crippen molar-refractivity contribution in [2.45, 2.75) is 77.0 Å². The molecule has 0 spiro atoms. The summed E-state index contributed by atoms with van der Waals surface area (Å²) in [6.45, 7) is 5.08. The highest BCUT2D eigenvalue weighted by Crippen LogP contribution is 2.36. The average Bonchev–Trinajstić information content (AvgIpc) is 2.92. The maximum atomic E-state index is 13.7. The van der Waals surface area contributed by atoms with E-state index in [-0.39, 0.29) is 35.9 Å². The smallest absolute Gasteiger partial charge is 0.278 e. The van der Waals surface area contributed by atoms with Crippen LogP contribution in [0.1, 0.15) is 64.4 Å². The molecule has 2 fully saturated rings. The molecule has 0 bridgehead atoms. The molecule has 2 aliphatic heterocycles. The Morgan fingerprint density at radius 3 is 2.03 bits per heavy atom. The molecule has 2 heterocycles. The Hall–Kier alpha value is -2.21. The summed E-state index contributed by atoms with van der Waals surface area (Å²) in [6.07, 6.45) is 7.25. The summed E-state index contributed by atoms with van der Waals surface area (Å²) in [5.41, 5.74) is 1.46. The second-order valence-corrected chi connectivity index (χ2v) is 8.87. The Bertz CT molecular complexity index is 817. The molecule has 1 aliphatic carbocycles. The van der Waals surface area contributed by atoms with Gasteiger partial charge in [-0.1, -0.05) is 44.2 Å². The standard InChI is InChI=1S/C24H31FN2O3/c1-16-14-26(15-17(2)30-16)22-21(18-10-12-19(25)13-11-18)23(28)27(24(22)29)20-8-6-4-3-5-7-9-20/h10-13,16-17,20H,3-9,14-15H2,1-2H3. The van der Waals surface area contributed by atoms with E-state index in [1.807, 2.05) is 18.7 Å². The minimum atomic E-state index is -0.358. The zero-order chi connectivity index (χ0) is 21.3. The van der Waals surface area contributed by atoms with Gasteiger partial charge in [0.25, 0.3) is 11.8 Å². The van der Waals surface area contributed by atoms with E-state index in [2.05, 4.69) is 0 Å². The van der Waals surface area contributed by atoms with Crippen LogP contribution in [0.2, 0.25) is 0 Å². The minimum absolute atomic E-state index is 0.0333. The number of halogens is 1. The second kappa shape index (κ2) is 8.88. The Balaban J connectivity index is 1.73. The second-order valence-electron chi connectivity index (χ2n) is 8.87. The summed E-state index contributed by atoms with van der Waals surface area (Å²) in [5.74, 6) is -0.798. The number of benzene rings is 1. The minimum Gasteiger partial charge on any atom is -0.372 e. The van der Waals surface area contributed by atoms with E-state index in [0.717, 1.165) is 38.5 Å². The molecule has 2 amide bonds. The summed E-state index contributed by atoms with van der Waals surface area (Å²) in [5, 5.41) is 0. The molecule has 2 unspecified atom stereocenters. The maximum absolute atomic E-state index is 13.7. The van der Waals surface area contributed by atoms with Crippen molar-refractivity contribution in [3.8, 4) is 0 Å². The van der Waals surface area contributed by atoms with Crippen LogP contribution in [0.4, 0.5) is 4.39 Å². The Morgan fingerprint density at radius 1 is 0.867 bits per heavy atom. The first kappa shape index (κ1) is 21.0. The molecule has 0 aromatic heterocycles. The molecule has 0 radical (unpaired) electrons. The molecule has 6 heteroatoms. The van der Waals surface area contributed by atoms with E-state index >= 15 is 0 Å². The molecule has 5 nitrogen and oxygen atoms in total. The largest absolute Gasteiger partial charge is 0.372 e. The van der Waals surface area contributed by atoms with Gasteiger partial charge >= 0.3 is 0 Å². The molecular formula is C24H31FN2O3. The molecule has 1 saturated heterocycles. The number of nitrogens with zero attached hydrogens (tertiary/aromatic N) is 2. The normalized spacial score (nSPS) is 26.9. The van der Waals surface area contributed by atoms with Crippen LogP contribution in [0.15, 0.2) is 30.0 Å². The van der Waals surface area contributed by atoms with Crippen molar-refractivity contribution in [3.05, 3.63) is 41.3 Å². The van der Waals surface area contributed by atoms with Gasteiger partial charge in [-0.2, -0.15) is 0 Å². The van der Waals surface area contributed by atoms with Crippen LogP contribution in [-0.4, -0.2) is 53.0 Å². The topological polar surface area (TPSA) is 49.9 Å². The lowest BCUT2D eigenvalue weighted by Gasteiger charge is -2.37. The highest BCUT2D eigenvalue weighted by Gasteiger charge is 2.45. The number of ether oxygens (including phenoxy) is 1. The van der Waals surface area contributed by atoms with Gasteiger partial charge in [-0.05, 0) is 44.4 Å². The lowest BCUT2D eigenvalue weighted by molar-refractivity contribution is -0.141. The van der Waals surface area contributed by atoms with Gasteiger partial charge in [-0.15, -0.1) is 0 Å². The molecule has 2 atom stereocenters. The first-order chi connectivity index (χ1) is 14.5. The summed E-state index contributed by atoms with van der Waals surface area (Å²) >= 11 is 0. The molecule has 1 saturated carbocycles. The third-order valence-corrected chi connectivity index (χ3v) is 6.40. The van der Waals surface area contributed by atoms with Gasteiger partial charge in [0.15, 0.2) is 0 Å². The molecule has 0 N–H and O–H groups in total. The van der Waals surface area contributed by atoms with E-state index in [0.29, 0.717) is 29.9 Å². The van der Waals surface area contributed by atoms with Crippen LogP contribution < -0.4 is 0 Å². The molecule has 4 rings (SSSR count). The van der Waals surface area contributed by atoms with Crippen LogP contribution in [0.25, 0.3) is 5.57 Å². The number of imide groups is 1. The lowest BCUT2D eigenvalue weighted by Crippen LogP contribution is -2.48. The predicted octanol–water partition coefficient (Wildman–Crippen LogP) is 4.13. The molecule has 30 heavy (non-hydrogen) atoms. The highest BCUT2D eigenvalue weighted by molar-refractivity contribution is 6.35. The maximum Gasteiger partial charge on any atom is 0.278 e. The third-order valence-electron chi connectivity index (χ3n) is 6.40. The van der Waals surface area contributed by atoms with Gasteiger partial charge in [-0.3, -0.25) is 14.5 Å². The summed E-state index contributed by atoms with van der Waals surface area (Å²) in [7, 11) is 0. The molecule has 162 valence electrons. The number of morpholine rings is 1. The van der Waals surface area contributed by atoms with Crippen LogP contribution in [0, 0.1) is 5.82 Å². The van der Waals surface area contributed by atoms with E-state index in [1.54, 1.807) is 12.1 Å². The van der Waals surface area contributed by atoms with Gasteiger partial charge < -0.3 is 9.64 Å². The number of hydrogen-bond donors (Lipinski definition) is 0. The summed E-state index contributed by atoms with van der Waals surface area (Å²) < 4.78 is 19.4. The lowest BCUT2D eigenvalue weighted by atomic mass is 9.95. The van der Waals surface area contributed by atoms with Gasteiger partial charge in [0.2, 0.25) is 0 Å². The first-order valence-corrected chi connectivity index (χ1v) is 11.2. The van der Waals surface area contributed by atoms with Crippen molar-refractivity contribution >= 4 is 17.4 Å². The first-order valence-electron chi connectivity index (χ1n) is 11.2. The average molecular weight is 415 g/mol. The number of rotatable bonds is 3. The summed E-state index contributed by atoms with van der Waals surface area (Å²) in [4.78, 5) is 30.8. The van der Waals surface area contributed by atoms with E-state index < -0.39 is 0 Å². The SMILES string of the molecule is CC1CN(C2=C(c3ccc(F)cc3)C(=O)N(C3CCCCCCC3)C2=O)CC(C)O1. The van der Waals surface area contributed by atoms with Crippen molar-refractivity contribution in [3.63, 3.8) is 0 Å². The molecule has 1 aromatic rings. The van der Waals surface area contributed by atoms with Gasteiger partial charge in [0, 0.05) is 19.1 Å². The van der Waals surface area contributed by atoms with E-state index in [1.165, 1.54) is 23.5 Å². The number of carbonyl (C=O) groups is 2. The van der Waals surface area contributed by atoms with Gasteiger partial charge in [-0.25, -0.2) is 4.39 Å². The van der Waals surface area contributed by atoms with E-state index in [4.69, 9.17) is 4.74 Å². The Morgan fingerprint density at radius 2 is 1.43 bits per heavy atom. The third kappa shape index (κ3) is 4.15. The van der Waals surface area contributed by atoms with Gasteiger partial charge in [0.05, 0.1) is 17.8 Å². The predicted molar refractivity (Wildman–Crippen MR) is 113 cm³/mol. The van der Waals surface area contributed by atoms with Crippen molar-refractivity contribution in [2.75, 3.05) is 13.1 Å². The van der Waals surface area contributed by atoms with Crippen molar-refractivity contribution in [2.24, 2.45) is 0 Å². The van der Waals surface area contributed by atoms with Crippen LogP contribution in [-0.2, 0) is 14.3 Å². The zero-order valence-corrected chi connectivity index (χ0v) is 17.9. The van der Waals surface area contributed by atoms with Crippen molar-refractivity contribution in [1.82, 2.24) is 9.80 Å². The number of carbonyl (C=O) groups excluding carboxylic acids is 2. The zero-order valence-electron chi connectivity index (χ0n) is 17.9. The number of hydrogen-bond acceptors (Lipinski definition) is 4. The quantitative estimate of drug-likeness (QED) is 0.698. The monoisotopic (exact) mass is 414 g/mol. The van der Waals surface area contributed by atoms with Crippen LogP contribution in [0.3, 0.4) is 0 Å². The molecular weight excluding hydrogens is 383 g/mol. The fourth-order valence-corrected chi connectivity index (χ4v) is 5.09. The summed E-state index contributed by atoms with van der Waals surface area (Å²) in [6, 6.07) is 5.84. The highest BCUT2D eigenvalue weighted by atomic mass is 19.1. The van der Waals surface area contributed by atoms with Crippen molar-refractivity contribution in [1.29, 1.82) is 0 Å². The fraction of sp³-hybridized carbons (Fsp3) is 0.583. The van der Waals surface area contributed by atoms with Gasteiger partial charge in [0.1, 0.15) is 11.5 Å². The van der Waals surface area contributed by atoms with E-state index in [9.17, 15) is 14.0 Å². The van der Waals surface area contributed by atoms with Crippen LogP contribution >= 0.6 is 0 Å².